The summed E-state index contributed by atoms with van der Waals surface area (Å²) in [7, 11) is 4.01. The van der Waals surface area contributed by atoms with Crippen LogP contribution in [0, 0.1) is 5.41 Å². The molecular formula is C16H21BrN2O6. The van der Waals surface area contributed by atoms with Crippen LogP contribution >= 0.6 is 15.9 Å². The molecular weight excluding hydrogens is 396 g/mol. The van der Waals surface area contributed by atoms with E-state index in [1.807, 2.05) is 6.92 Å². The highest BCUT2D eigenvalue weighted by Crippen LogP contribution is 2.51. The van der Waals surface area contributed by atoms with Crippen LogP contribution in [0.3, 0.4) is 0 Å². The number of dihydropyridines is 1. The molecule has 1 aliphatic heterocycles. The van der Waals surface area contributed by atoms with Gasteiger partial charge in [0.1, 0.15) is 6.61 Å². The first-order chi connectivity index (χ1) is 11.8. The minimum absolute atomic E-state index is 0.118. The van der Waals surface area contributed by atoms with E-state index in [1.165, 1.54) is 21.3 Å². The molecule has 1 atom stereocenters. The van der Waals surface area contributed by atoms with Crippen molar-refractivity contribution >= 4 is 33.8 Å². The van der Waals surface area contributed by atoms with Gasteiger partial charge < -0.3 is 24.8 Å². The number of ether oxygens (including phenoxy) is 3. The lowest BCUT2D eigenvalue weighted by Gasteiger charge is -2.28. The normalized spacial score (nSPS) is 21.4. The molecule has 0 spiro atoms. The van der Waals surface area contributed by atoms with Crippen molar-refractivity contribution in [1.82, 2.24) is 10.6 Å². The molecule has 2 N–H and O–H groups in total. The molecule has 2 rings (SSSR count). The highest BCUT2D eigenvalue weighted by atomic mass is 79.9. The van der Waals surface area contributed by atoms with Gasteiger partial charge in [0.2, 0.25) is 5.91 Å². The van der Waals surface area contributed by atoms with Crippen LogP contribution in [0.5, 0.6) is 0 Å². The maximum Gasteiger partial charge on any atom is 0.323 e. The number of carbonyl (C=O) groups is 3. The lowest BCUT2D eigenvalue weighted by atomic mass is 9.85. The molecule has 0 aromatic carbocycles. The third-order valence-electron chi connectivity index (χ3n) is 4.53. The highest BCUT2D eigenvalue weighted by Gasteiger charge is 2.55. The second-order valence-electron chi connectivity index (χ2n) is 5.88. The maximum absolute atomic E-state index is 12.3. The molecule has 1 fully saturated rings. The average Bonchev–Trinajstić information content (AvgIpc) is 3.04. The van der Waals surface area contributed by atoms with Gasteiger partial charge in [0.25, 0.3) is 0 Å². The lowest BCUT2D eigenvalue weighted by molar-refractivity contribution is -0.168. The molecule has 1 amide bonds. The average molecular weight is 417 g/mol. The van der Waals surface area contributed by atoms with E-state index >= 15 is 0 Å². The van der Waals surface area contributed by atoms with E-state index in [-0.39, 0.29) is 25.4 Å². The number of rotatable bonds is 5. The van der Waals surface area contributed by atoms with Gasteiger partial charge in [-0.2, -0.15) is 0 Å². The number of halogens is 1. The molecule has 1 heterocycles. The molecule has 1 aliphatic carbocycles. The van der Waals surface area contributed by atoms with Crippen LogP contribution in [0.2, 0.25) is 0 Å². The number of amides is 1. The van der Waals surface area contributed by atoms with Crippen molar-refractivity contribution in [2.75, 3.05) is 27.9 Å². The van der Waals surface area contributed by atoms with Gasteiger partial charge in [0.15, 0.2) is 11.6 Å². The third kappa shape index (κ3) is 3.43. The first-order valence-electron chi connectivity index (χ1n) is 7.65. The smallest absolute Gasteiger partial charge is 0.323 e. The van der Waals surface area contributed by atoms with Gasteiger partial charge >= 0.3 is 11.9 Å². The Bertz CT molecular complexity index is 654. The number of hydrogen-bond acceptors (Lipinski definition) is 7. The predicted octanol–water partition coefficient (Wildman–Crippen LogP) is 0.727. The summed E-state index contributed by atoms with van der Waals surface area (Å²) in [6, 6.07) is 0. The predicted molar refractivity (Wildman–Crippen MR) is 91.3 cm³/mol. The Balaban J connectivity index is 2.36. The minimum Gasteiger partial charge on any atom is -0.468 e. The molecule has 0 saturated heterocycles. The van der Waals surface area contributed by atoms with Crippen LogP contribution < -0.4 is 10.6 Å². The summed E-state index contributed by atoms with van der Waals surface area (Å²) in [6.07, 6.45) is -0.227. The molecule has 8 nitrogen and oxygen atoms in total. The number of likely N-dealkylation sites (N-methyl/N-ethyl adjacent to an activating group) is 1. The van der Waals surface area contributed by atoms with Gasteiger partial charge in [-0.3, -0.25) is 14.4 Å². The van der Waals surface area contributed by atoms with E-state index in [1.54, 1.807) is 0 Å². The Labute approximate surface area is 154 Å². The molecule has 0 aromatic heterocycles. The number of methoxy groups -OCH3 is 2. The van der Waals surface area contributed by atoms with Crippen molar-refractivity contribution in [3.63, 3.8) is 0 Å². The van der Waals surface area contributed by atoms with Crippen molar-refractivity contribution in [2.45, 2.75) is 26.0 Å². The van der Waals surface area contributed by atoms with Crippen LogP contribution in [0.1, 0.15) is 19.8 Å². The molecule has 1 unspecified atom stereocenters. The number of hydrogen-bond donors (Lipinski definition) is 2. The molecule has 0 bridgehead atoms. The van der Waals surface area contributed by atoms with Crippen LogP contribution in [0.4, 0.5) is 0 Å². The number of fused-ring (bicyclic) bond motifs is 1. The SMILES string of the molecule is CNC(=O)COC1NC(Br)=C2CC(C(=O)OC)(C(=O)OC)CC2=C1C. The highest BCUT2D eigenvalue weighted by molar-refractivity contribution is 9.11. The maximum atomic E-state index is 12.3. The summed E-state index contributed by atoms with van der Waals surface area (Å²) >= 11 is 3.43. The zero-order valence-corrected chi connectivity index (χ0v) is 16.1. The van der Waals surface area contributed by atoms with Crippen LogP contribution in [-0.2, 0) is 28.6 Å². The van der Waals surface area contributed by atoms with Crippen LogP contribution in [0.15, 0.2) is 21.3 Å². The molecule has 25 heavy (non-hydrogen) atoms. The number of carbonyl (C=O) groups excluding carboxylic acids is 3. The second kappa shape index (κ2) is 7.57. The Morgan fingerprint density at radius 2 is 1.76 bits per heavy atom. The fourth-order valence-corrected chi connectivity index (χ4v) is 3.68. The molecule has 9 heteroatoms. The van der Waals surface area contributed by atoms with Crippen molar-refractivity contribution in [2.24, 2.45) is 5.41 Å². The first-order valence-corrected chi connectivity index (χ1v) is 8.44. The zero-order chi connectivity index (χ0) is 18.8. The van der Waals surface area contributed by atoms with E-state index < -0.39 is 23.6 Å². The third-order valence-corrected chi connectivity index (χ3v) is 5.23. The monoisotopic (exact) mass is 416 g/mol. The zero-order valence-electron chi connectivity index (χ0n) is 14.5. The largest absolute Gasteiger partial charge is 0.468 e. The molecule has 0 aromatic rings. The fraction of sp³-hybridized carbons (Fsp3) is 0.562. The van der Waals surface area contributed by atoms with Crippen molar-refractivity contribution in [1.29, 1.82) is 0 Å². The van der Waals surface area contributed by atoms with Crippen molar-refractivity contribution in [3.05, 3.63) is 21.3 Å². The minimum atomic E-state index is -1.41. The van der Waals surface area contributed by atoms with Crippen molar-refractivity contribution < 1.29 is 28.6 Å². The molecule has 138 valence electrons. The van der Waals surface area contributed by atoms with E-state index in [2.05, 4.69) is 26.6 Å². The molecule has 0 radical (unpaired) electrons. The van der Waals surface area contributed by atoms with Gasteiger partial charge in [0, 0.05) is 19.9 Å². The standard InChI is InChI=1S/C16H21BrN2O6/c1-8-9-5-16(14(21)23-3,15(22)24-4)6-10(9)12(17)19-13(8)25-7-11(20)18-2/h13,19H,5-7H2,1-4H3,(H,18,20). The summed E-state index contributed by atoms with van der Waals surface area (Å²) in [5, 5.41) is 5.58. The lowest BCUT2D eigenvalue weighted by Crippen LogP contribution is -2.38. The fourth-order valence-electron chi connectivity index (χ4n) is 3.10. The van der Waals surface area contributed by atoms with Gasteiger partial charge in [0.05, 0.1) is 18.8 Å². The van der Waals surface area contributed by atoms with Crippen molar-refractivity contribution in [3.8, 4) is 0 Å². The number of nitrogens with one attached hydrogen (secondary N) is 2. The van der Waals surface area contributed by atoms with Gasteiger partial charge in [-0.15, -0.1) is 0 Å². The van der Waals surface area contributed by atoms with Crippen LogP contribution in [0.25, 0.3) is 0 Å². The number of allylic oxidation sites excluding steroid dienone is 2. The van der Waals surface area contributed by atoms with E-state index in [9.17, 15) is 14.4 Å². The Hall–Kier alpha value is -1.87. The quantitative estimate of drug-likeness (QED) is 0.386. The van der Waals surface area contributed by atoms with Crippen LogP contribution in [-0.4, -0.2) is 51.9 Å². The van der Waals surface area contributed by atoms with E-state index in [4.69, 9.17) is 14.2 Å². The molecule has 2 aliphatic rings. The summed E-state index contributed by atoms with van der Waals surface area (Å²) in [4.78, 5) is 36.1. The van der Waals surface area contributed by atoms with E-state index in [0.29, 0.717) is 4.61 Å². The number of esters is 2. The second-order valence-corrected chi connectivity index (χ2v) is 6.67. The Morgan fingerprint density at radius 3 is 2.28 bits per heavy atom. The summed E-state index contributed by atoms with van der Waals surface area (Å²) in [5.41, 5.74) is 1.01. The summed E-state index contributed by atoms with van der Waals surface area (Å²) in [5.74, 6) is -1.52. The van der Waals surface area contributed by atoms with Gasteiger partial charge in [-0.05, 0) is 39.6 Å². The Kier molecular flexibility index (Phi) is 5.89. The summed E-state index contributed by atoms with van der Waals surface area (Å²) in [6.45, 7) is 1.72. The molecule has 1 saturated carbocycles. The Morgan fingerprint density at radius 1 is 1.20 bits per heavy atom. The topological polar surface area (TPSA) is 103 Å². The van der Waals surface area contributed by atoms with Gasteiger partial charge in [-0.25, -0.2) is 0 Å². The van der Waals surface area contributed by atoms with E-state index in [0.717, 1.165) is 16.7 Å². The van der Waals surface area contributed by atoms with Gasteiger partial charge in [-0.1, -0.05) is 0 Å². The summed E-state index contributed by atoms with van der Waals surface area (Å²) < 4.78 is 15.9. The first kappa shape index (κ1) is 19.5.